The van der Waals surface area contributed by atoms with Crippen LogP contribution in [0.25, 0.3) is 11.6 Å². The number of rotatable bonds is 5. The summed E-state index contributed by atoms with van der Waals surface area (Å²) in [6.45, 7) is 1.96. The van der Waals surface area contributed by atoms with Gasteiger partial charge in [-0.05, 0) is 58.8 Å². The molecule has 0 aliphatic carbocycles. The Morgan fingerprint density at radius 1 is 1.03 bits per heavy atom. The van der Waals surface area contributed by atoms with E-state index >= 15 is 0 Å². The van der Waals surface area contributed by atoms with Crippen molar-refractivity contribution in [2.45, 2.75) is 11.8 Å². The van der Waals surface area contributed by atoms with E-state index in [1.54, 1.807) is 36.4 Å². The van der Waals surface area contributed by atoms with E-state index in [4.69, 9.17) is 4.18 Å². The molecule has 0 atom stereocenters. The van der Waals surface area contributed by atoms with Crippen molar-refractivity contribution in [1.82, 2.24) is 0 Å². The van der Waals surface area contributed by atoms with E-state index in [-0.39, 0.29) is 10.6 Å². The highest BCUT2D eigenvalue weighted by atomic mass is 79.9. The first kappa shape index (κ1) is 21.3. The summed E-state index contributed by atoms with van der Waals surface area (Å²) in [5.74, 6) is 0.108. The molecule has 0 amide bonds. The lowest BCUT2D eigenvalue weighted by Crippen LogP contribution is -2.10. The minimum Gasteiger partial charge on any atom is -0.377 e. The van der Waals surface area contributed by atoms with Gasteiger partial charge in [-0.3, -0.25) is 0 Å². The van der Waals surface area contributed by atoms with Crippen molar-refractivity contribution in [3.05, 3.63) is 92.4 Å². The fraction of sp³-hybridized carbons (Fsp3) is 0.0455. The normalized spacial score (nSPS) is 11.7. The van der Waals surface area contributed by atoms with Gasteiger partial charge in [-0.2, -0.15) is 13.7 Å². The van der Waals surface area contributed by atoms with Crippen molar-refractivity contribution in [2.75, 3.05) is 0 Å². The quantitative estimate of drug-likeness (QED) is 0.218. The summed E-state index contributed by atoms with van der Waals surface area (Å²) in [7, 11) is -4.04. The molecule has 7 heteroatoms. The highest BCUT2D eigenvalue weighted by Gasteiger charge is 2.21. The molecule has 3 aromatic rings. The largest absolute Gasteiger partial charge is 0.377 e. The van der Waals surface area contributed by atoms with Crippen molar-refractivity contribution in [3.63, 3.8) is 0 Å². The molecule has 146 valence electrons. The zero-order valence-corrected chi connectivity index (χ0v) is 19.3. The SMILES string of the molecule is Cc1ccc(/C(C#N)=C/c2cc(Br)cc(Br)c2OS(=O)(=O)c2ccccc2)cc1. The molecule has 0 fully saturated rings. The zero-order valence-electron chi connectivity index (χ0n) is 15.3. The number of allylic oxidation sites excluding steroid dienone is 1. The first-order chi connectivity index (χ1) is 13.8. The number of hydrogen-bond acceptors (Lipinski definition) is 4. The van der Waals surface area contributed by atoms with Crippen molar-refractivity contribution >= 4 is 53.6 Å². The first-order valence-electron chi connectivity index (χ1n) is 8.47. The standard InChI is InChI=1S/C22H15Br2NO3S/c1-15-7-9-16(10-8-15)18(14-25)11-17-12-19(23)13-21(24)22(17)28-29(26,27)20-5-3-2-4-6-20/h2-13H,1H3/b18-11+. The maximum Gasteiger partial charge on any atom is 0.339 e. The Balaban J connectivity index is 2.10. The smallest absolute Gasteiger partial charge is 0.339 e. The third-order valence-corrected chi connectivity index (χ3v) is 6.33. The molecular weight excluding hydrogens is 518 g/mol. The van der Waals surface area contributed by atoms with E-state index in [1.807, 2.05) is 31.2 Å². The van der Waals surface area contributed by atoms with Crippen LogP contribution in [0.1, 0.15) is 16.7 Å². The Morgan fingerprint density at radius 2 is 1.69 bits per heavy atom. The second kappa shape index (κ2) is 8.95. The summed E-state index contributed by atoms with van der Waals surface area (Å²) >= 11 is 6.77. The maximum atomic E-state index is 12.7. The third-order valence-electron chi connectivity index (χ3n) is 4.04. The predicted octanol–water partition coefficient (Wildman–Crippen LogP) is 6.35. The van der Waals surface area contributed by atoms with E-state index in [1.165, 1.54) is 12.1 Å². The van der Waals surface area contributed by atoms with Crippen LogP contribution in [0.15, 0.2) is 80.6 Å². The van der Waals surface area contributed by atoms with Crippen LogP contribution in [-0.4, -0.2) is 8.42 Å². The first-order valence-corrected chi connectivity index (χ1v) is 11.5. The van der Waals surface area contributed by atoms with Gasteiger partial charge in [-0.1, -0.05) is 64.0 Å². The Morgan fingerprint density at radius 3 is 2.31 bits per heavy atom. The fourth-order valence-corrected chi connectivity index (χ4v) is 5.03. The molecule has 0 aliphatic rings. The number of nitriles is 1. The summed E-state index contributed by atoms with van der Waals surface area (Å²) in [6, 6.07) is 21.0. The Labute approximate surface area is 186 Å². The van der Waals surface area contributed by atoms with Crippen molar-refractivity contribution < 1.29 is 12.6 Å². The van der Waals surface area contributed by atoms with E-state index in [9.17, 15) is 13.7 Å². The highest BCUT2D eigenvalue weighted by molar-refractivity contribution is 9.11. The number of benzene rings is 3. The minimum atomic E-state index is -4.04. The van der Waals surface area contributed by atoms with Crippen LogP contribution in [0.3, 0.4) is 0 Å². The van der Waals surface area contributed by atoms with Crippen LogP contribution in [0.4, 0.5) is 0 Å². The molecule has 3 rings (SSSR count). The highest BCUT2D eigenvalue weighted by Crippen LogP contribution is 2.37. The lowest BCUT2D eigenvalue weighted by atomic mass is 10.0. The maximum absolute atomic E-state index is 12.7. The number of aryl methyl sites for hydroxylation is 1. The lowest BCUT2D eigenvalue weighted by molar-refractivity contribution is 0.484. The molecule has 0 spiro atoms. The molecule has 0 radical (unpaired) electrons. The van der Waals surface area contributed by atoms with Crippen LogP contribution in [-0.2, 0) is 10.1 Å². The van der Waals surface area contributed by atoms with Crippen LogP contribution in [0.2, 0.25) is 0 Å². The van der Waals surface area contributed by atoms with Crippen LogP contribution in [0, 0.1) is 18.3 Å². The molecule has 0 saturated carbocycles. The molecule has 0 bridgehead atoms. The van der Waals surface area contributed by atoms with Gasteiger partial charge in [0.15, 0.2) is 5.75 Å². The van der Waals surface area contributed by atoms with E-state index < -0.39 is 10.1 Å². The molecule has 0 aliphatic heterocycles. The number of halogens is 2. The van der Waals surface area contributed by atoms with Gasteiger partial charge in [0.2, 0.25) is 0 Å². The van der Waals surface area contributed by atoms with Gasteiger partial charge in [0.1, 0.15) is 4.90 Å². The van der Waals surface area contributed by atoms with Gasteiger partial charge >= 0.3 is 10.1 Å². The monoisotopic (exact) mass is 531 g/mol. The predicted molar refractivity (Wildman–Crippen MR) is 121 cm³/mol. The van der Waals surface area contributed by atoms with Crippen LogP contribution >= 0.6 is 31.9 Å². The molecule has 3 aromatic carbocycles. The van der Waals surface area contributed by atoms with E-state index in [0.29, 0.717) is 20.1 Å². The van der Waals surface area contributed by atoms with Crippen LogP contribution in [0.5, 0.6) is 5.75 Å². The van der Waals surface area contributed by atoms with Crippen LogP contribution < -0.4 is 4.18 Å². The molecule has 29 heavy (non-hydrogen) atoms. The lowest BCUT2D eigenvalue weighted by Gasteiger charge is -2.13. The summed E-state index contributed by atoms with van der Waals surface area (Å²) in [6.07, 6.45) is 1.61. The van der Waals surface area contributed by atoms with Gasteiger partial charge in [0.25, 0.3) is 0 Å². The third kappa shape index (κ3) is 5.15. The summed E-state index contributed by atoms with van der Waals surface area (Å²) in [5, 5.41) is 9.65. The molecule has 0 aromatic heterocycles. The Kier molecular flexibility index (Phi) is 6.58. The molecule has 0 heterocycles. The van der Waals surface area contributed by atoms with Gasteiger partial charge < -0.3 is 4.18 Å². The summed E-state index contributed by atoms with van der Waals surface area (Å²) < 4.78 is 32.0. The van der Waals surface area contributed by atoms with E-state index in [0.717, 1.165) is 11.1 Å². The van der Waals surface area contributed by atoms with Gasteiger partial charge in [0, 0.05) is 10.0 Å². The average molecular weight is 533 g/mol. The topological polar surface area (TPSA) is 67.2 Å². The molecule has 0 saturated heterocycles. The summed E-state index contributed by atoms with van der Waals surface area (Å²) in [4.78, 5) is 0.0452. The molecule has 0 unspecified atom stereocenters. The second-order valence-corrected chi connectivity index (χ2v) is 9.51. The zero-order chi connectivity index (χ0) is 21.0. The van der Waals surface area contributed by atoms with Crippen molar-refractivity contribution in [2.24, 2.45) is 0 Å². The van der Waals surface area contributed by atoms with Gasteiger partial charge in [-0.25, -0.2) is 0 Å². The van der Waals surface area contributed by atoms with E-state index in [2.05, 4.69) is 37.9 Å². The summed E-state index contributed by atoms with van der Waals surface area (Å²) in [5.41, 5.74) is 2.64. The number of nitrogens with zero attached hydrogens (tertiary/aromatic N) is 1. The fourth-order valence-electron chi connectivity index (χ4n) is 2.59. The van der Waals surface area contributed by atoms with Gasteiger partial charge in [-0.15, -0.1) is 0 Å². The Bertz CT molecular complexity index is 1210. The number of hydrogen-bond donors (Lipinski definition) is 0. The van der Waals surface area contributed by atoms with Crippen molar-refractivity contribution in [3.8, 4) is 11.8 Å². The van der Waals surface area contributed by atoms with Gasteiger partial charge in [0.05, 0.1) is 16.1 Å². The molecule has 4 nitrogen and oxygen atoms in total. The molecular formula is C22H15Br2NO3S. The average Bonchev–Trinajstić information content (AvgIpc) is 2.70. The Hall–Kier alpha value is -2.40. The minimum absolute atomic E-state index is 0.0452. The second-order valence-electron chi connectivity index (χ2n) is 6.19. The molecule has 0 N–H and O–H groups in total. The van der Waals surface area contributed by atoms with Crippen molar-refractivity contribution in [1.29, 1.82) is 5.26 Å².